The quantitative estimate of drug-likeness (QED) is 0.189. The van der Waals surface area contributed by atoms with Crippen molar-refractivity contribution >= 4 is 39.2 Å². The van der Waals surface area contributed by atoms with E-state index in [2.05, 4.69) is 0 Å². The zero-order chi connectivity index (χ0) is 33.2. The Hall–Kier alpha value is -1.90. The minimum absolute atomic E-state index is 0. The molecule has 0 fully saturated rings. The van der Waals surface area contributed by atoms with Gasteiger partial charge in [-0.25, -0.2) is 27.2 Å². The van der Waals surface area contributed by atoms with E-state index in [9.17, 15) is 32.3 Å². The molecular weight excluding hydrogens is 636 g/mol. The third kappa shape index (κ3) is 24.9. The van der Waals surface area contributed by atoms with Gasteiger partial charge >= 0.3 is 12.2 Å². The molecule has 0 heterocycles. The second kappa shape index (κ2) is 24.3. The number of carbonyl (C=O) groups is 2. The van der Waals surface area contributed by atoms with Crippen LogP contribution in [0.15, 0.2) is 30.3 Å². The predicted octanol–water partition coefficient (Wildman–Crippen LogP) is 7.75. The molecule has 0 spiro atoms. The van der Waals surface area contributed by atoms with E-state index in [4.69, 9.17) is 14.2 Å². The highest BCUT2D eigenvalue weighted by molar-refractivity contribution is 7.59. The van der Waals surface area contributed by atoms with Gasteiger partial charge in [-0.15, -0.1) is 0 Å². The maximum atomic E-state index is 12.4. The molecule has 0 aliphatic heterocycles. The summed E-state index contributed by atoms with van der Waals surface area (Å²) in [5, 5.41) is 9.17. The number of aliphatic hydroxyl groups excluding tert-OH is 1. The zero-order valence-corrected chi connectivity index (χ0v) is 30.0. The lowest BCUT2D eigenvalue weighted by molar-refractivity contribution is 0.00367. The molecule has 1 aromatic rings. The largest absolute Gasteiger partial charge is 0.444 e. The summed E-state index contributed by atoms with van der Waals surface area (Å²) in [5.74, 6) is 0. The van der Waals surface area contributed by atoms with Crippen molar-refractivity contribution in [2.45, 2.75) is 123 Å². The van der Waals surface area contributed by atoms with E-state index in [1.807, 2.05) is 30.3 Å². The predicted molar refractivity (Wildman–Crippen MR) is 179 cm³/mol. The van der Waals surface area contributed by atoms with E-state index in [1.165, 1.54) is 16.8 Å². The van der Waals surface area contributed by atoms with Gasteiger partial charge in [-0.05, 0) is 72.8 Å². The second-order valence-electron chi connectivity index (χ2n) is 12.3. The van der Waals surface area contributed by atoms with Crippen LogP contribution in [0.25, 0.3) is 0 Å². The van der Waals surface area contributed by atoms with Crippen LogP contribution in [-0.4, -0.2) is 90.5 Å². The third-order valence-electron chi connectivity index (χ3n) is 6.01. The van der Waals surface area contributed by atoms with Crippen LogP contribution < -0.4 is 0 Å². The number of amides is 2. The first-order valence-corrected chi connectivity index (χ1v) is 14.6. The van der Waals surface area contributed by atoms with Crippen LogP contribution in [0, 0.1) is 0 Å². The molecule has 0 radical (unpaired) electrons. The van der Waals surface area contributed by atoms with Crippen molar-refractivity contribution in [1.82, 2.24) is 9.80 Å². The van der Waals surface area contributed by atoms with Crippen molar-refractivity contribution in [2.75, 3.05) is 27.3 Å². The van der Waals surface area contributed by atoms with Crippen LogP contribution in [0.1, 0.15) is 85.6 Å². The highest BCUT2D eigenvalue weighted by Gasteiger charge is 2.26. The monoisotopic (exact) mass is 692 g/mol. The van der Waals surface area contributed by atoms with Crippen molar-refractivity contribution in [3.8, 4) is 0 Å². The summed E-state index contributed by atoms with van der Waals surface area (Å²) in [6, 6.07) is 8.87. The maximum absolute atomic E-state index is 12.4. The molecule has 0 bridgehead atoms. The molecule has 2 amide bonds. The molecule has 1 rings (SSSR count). The Morgan fingerprint density at radius 3 is 1.51 bits per heavy atom. The topological polar surface area (TPSA) is 88.5 Å². The molecule has 2 atom stereocenters. The number of aliphatic hydroxyl groups is 1. The van der Waals surface area contributed by atoms with Crippen LogP contribution in [0.3, 0.4) is 0 Å². The van der Waals surface area contributed by atoms with E-state index in [-0.39, 0.29) is 65.5 Å². The Morgan fingerprint density at radius 1 is 0.733 bits per heavy atom. The summed E-state index contributed by atoms with van der Waals surface area (Å²) in [5.41, 5.74) is -0.202. The van der Waals surface area contributed by atoms with Crippen molar-refractivity contribution < 1.29 is 46.5 Å². The summed E-state index contributed by atoms with van der Waals surface area (Å²) in [6.07, 6.45) is -4.77. The number of halogens is 4. The Labute approximate surface area is 281 Å². The molecule has 0 aromatic heterocycles. The number of hydrogen-bond donors (Lipinski definition) is 1. The van der Waals surface area contributed by atoms with Gasteiger partial charge in [0.1, 0.15) is 11.2 Å². The molecule has 0 aliphatic rings. The molecular formula is C31H56F4N2O6S2. The summed E-state index contributed by atoms with van der Waals surface area (Å²) in [6.45, 7) is 11.0. The van der Waals surface area contributed by atoms with E-state index >= 15 is 0 Å². The lowest BCUT2D eigenvalue weighted by Gasteiger charge is -2.30. The molecule has 8 nitrogen and oxygen atoms in total. The van der Waals surface area contributed by atoms with E-state index in [1.54, 1.807) is 48.6 Å². The summed E-state index contributed by atoms with van der Waals surface area (Å²) in [4.78, 5) is 26.6. The standard InChI is InChI=1S/C19H29F2NO3.C12H23F2NO3.2H2S/c1-19(2,3)25-18(23)22(4)16(11-8-12-17(20)21)14-24-13-15-9-6-5-7-10-15;1-12(2,3)18-11(17)15(4)9(8-16)6-5-7-10(13)14;;/h5-7,9-10,16-17H,8,11-14H2,1-4H3;9-10,16H,5-8H2,1-4H3;2*1H2/t16-;9-;;/m00../s1. The minimum atomic E-state index is -2.35. The van der Waals surface area contributed by atoms with E-state index in [0.717, 1.165) is 5.56 Å². The van der Waals surface area contributed by atoms with Gasteiger partial charge in [-0.3, -0.25) is 0 Å². The average molecular weight is 693 g/mol. The normalized spacial score (nSPS) is 12.6. The number of carbonyl (C=O) groups excluding carboxylic acids is 2. The number of ether oxygens (including phenoxy) is 3. The van der Waals surface area contributed by atoms with Gasteiger partial charge < -0.3 is 29.1 Å². The minimum Gasteiger partial charge on any atom is -0.444 e. The molecule has 0 aliphatic carbocycles. The van der Waals surface area contributed by atoms with Gasteiger partial charge in [0, 0.05) is 26.9 Å². The number of benzene rings is 1. The van der Waals surface area contributed by atoms with Gasteiger partial charge in [0.15, 0.2) is 0 Å². The number of rotatable bonds is 15. The highest BCUT2D eigenvalue weighted by atomic mass is 32.1. The van der Waals surface area contributed by atoms with Gasteiger partial charge in [-0.1, -0.05) is 30.3 Å². The Morgan fingerprint density at radius 2 is 1.13 bits per heavy atom. The first-order chi connectivity index (χ1) is 19.9. The van der Waals surface area contributed by atoms with Gasteiger partial charge in [0.2, 0.25) is 12.9 Å². The van der Waals surface area contributed by atoms with Crippen molar-refractivity contribution in [2.24, 2.45) is 0 Å². The summed E-state index contributed by atoms with van der Waals surface area (Å²) < 4.78 is 65.0. The van der Waals surface area contributed by atoms with E-state index in [0.29, 0.717) is 25.9 Å². The molecule has 0 saturated heterocycles. The Balaban J connectivity index is -0.000000789. The number of likely N-dealkylation sites (N-methyl/N-ethyl adjacent to an activating group) is 2. The van der Waals surface area contributed by atoms with Crippen LogP contribution >= 0.6 is 27.0 Å². The average Bonchev–Trinajstić information content (AvgIpc) is 2.88. The van der Waals surface area contributed by atoms with Crippen LogP contribution in [-0.2, 0) is 20.8 Å². The number of nitrogens with zero attached hydrogens (tertiary/aromatic N) is 2. The fourth-order valence-corrected chi connectivity index (χ4v) is 3.66. The van der Waals surface area contributed by atoms with Crippen molar-refractivity contribution in [3.63, 3.8) is 0 Å². The molecule has 0 unspecified atom stereocenters. The molecule has 14 heteroatoms. The molecule has 1 N–H and O–H groups in total. The van der Waals surface area contributed by atoms with E-state index < -0.39 is 42.3 Å². The Bertz CT molecular complexity index is 906. The number of alkyl halides is 4. The molecule has 266 valence electrons. The summed E-state index contributed by atoms with van der Waals surface area (Å²) in [7, 11) is 3.12. The first kappa shape index (κ1) is 47.5. The van der Waals surface area contributed by atoms with Crippen molar-refractivity contribution in [1.29, 1.82) is 0 Å². The van der Waals surface area contributed by atoms with Crippen LogP contribution in [0.2, 0.25) is 0 Å². The van der Waals surface area contributed by atoms with Crippen molar-refractivity contribution in [3.05, 3.63) is 35.9 Å². The van der Waals surface area contributed by atoms with Crippen LogP contribution in [0.4, 0.5) is 27.2 Å². The Kier molecular flexibility index (Phi) is 25.7. The second-order valence-corrected chi connectivity index (χ2v) is 12.3. The van der Waals surface area contributed by atoms with Gasteiger partial charge in [0.25, 0.3) is 0 Å². The molecule has 0 saturated carbocycles. The van der Waals surface area contributed by atoms with Gasteiger partial charge in [-0.2, -0.15) is 27.0 Å². The fourth-order valence-electron chi connectivity index (χ4n) is 3.66. The lowest BCUT2D eigenvalue weighted by Crippen LogP contribution is -2.43. The van der Waals surface area contributed by atoms with Crippen LogP contribution in [0.5, 0.6) is 0 Å². The molecule has 1 aromatic carbocycles. The number of hydrogen-bond acceptors (Lipinski definition) is 6. The SMILES string of the molecule is CN(C(=O)OC(C)(C)C)[C@@H](CCCC(F)F)COCc1ccccc1.CN(C(=O)OC(C)(C)C)[C@H](CO)CCCC(F)F.S.S. The smallest absolute Gasteiger partial charge is 0.410 e. The first-order valence-electron chi connectivity index (χ1n) is 14.6. The highest BCUT2D eigenvalue weighted by Crippen LogP contribution is 2.17. The molecule has 45 heavy (non-hydrogen) atoms. The maximum Gasteiger partial charge on any atom is 0.410 e. The zero-order valence-electron chi connectivity index (χ0n) is 28.0. The lowest BCUT2D eigenvalue weighted by atomic mass is 10.1. The fraction of sp³-hybridized carbons (Fsp3) is 0.742. The third-order valence-corrected chi connectivity index (χ3v) is 6.01. The van der Waals surface area contributed by atoms with Gasteiger partial charge in [0.05, 0.1) is 31.9 Å². The summed E-state index contributed by atoms with van der Waals surface area (Å²) >= 11 is 0.